The topological polar surface area (TPSA) is 73.6 Å². The number of carbonyl (C=O) groups is 1. The minimum atomic E-state index is -0.475. The van der Waals surface area contributed by atoms with Crippen LogP contribution < -0.4 is 15.8 Å². The molecule has 0 bridgehead atoms. The maximum Gasteiger partial charge on any atom is 0.255 e. The molecule has 0 radical (unpaired) electrons. The maximum atomic E-state index is 10.6. The second-order valence-corrected chi connectivity index (χ2v) is 5.04. The number of nitrogens with two attached hydrogens (primary N) is 1. The van der Waals surface area contributed by atoms with Gasteiger partial charge < -0.3 is 20.5 Å². The van der Waals surface area contributed by atoms with Crippen molar-refractivity contribution >= 4 is 5.91 Å². The van der Waals surface area contributed by atoms with E-state index >= 15 is 0 Å². The number of hydrogen-bond donors (Lipinski definition) is 2. The number of carbonyl (C=O) groups excluding carboxylic acids is 1. The van der Waals surface area contributed by atoms with Crippen molar-refractivity contribution in [2.45, 2.75) is 20.4 Å². The summed E-state index contributed by atoms with van der Waals surface area (Å²) in [5, 5.41) is 3.31. The number of ether oxygens (including phenoxy) is 2. The van der Waals surface area contributed by atoms with Crippen LogP contribution >= 0.6 is 0 Å². The van der Waals surface area contributed by atoms with Gasteiger partial charge in [-0.25, -0.2) is 0 Å². The summed E-state index contributed by atoms with van der Waals surface area (Å²) in [5.74, 6) is 0.743. The van der Waals surface area contributed by atoms with Crippen LogP contribution in [0.4, 0.5) is 0 Å². The quantitative estimate of drug-likeness (QED) is 0.634. The Kier molecular flexibility index (Phi) is 7.69. The van der Waals surface area contributed by atoms with E-state index in [1.165, 1.54) is 0 Å². The molecule has 0 spiro atoms. The van der Waals surface area contributed by atoms with Gasteiger partial charge in [0.2, 0.25) is 0 Å². The fourth-order valence-electron chi connectivity index (χ4n) is 1.55. The van der Waals surface area contributed by atoms with Gasteiger partial charge in [0, 0.05) is 19.7 Å². The number of primary amides is 1. The fourth-order valence-corrected chi connectivity index (χ4v) is 1.55. The first-order chi connectivity index (χ1) is 9.58. The Morgan fingerprint density at radius 3 is 2.60 bits per heavy atom. The van der Waals surface area contributed by atoms with Gasteiger partial charge in [0.15, 0.2) is 6.61 Å². The van der Waals surface area contributed by atoms with Crippen molar-refractivity contribution in [1.29, 1.82) is 0 Å². The predicted octanol–water partition coefficient (Wildman–Crippen LogP) is 1.31. The van der Waals surface area contributed by atoms with Crippen LogP contribution in [0.25, 0.3) is 0 Å². The summed E-state index contributed by atoms with van der Waals surface area (Å²) in [6.07, 6.45) is 0. The van der Waals surface area contributed by atoms with Crippen molar-refractivity contribution in [3.8, 4) is 5.75 Å². The molecule has 112 valence electrons. The number of rotatable bonds is 10. The summed E-state index contributed by atoms with van der Waals surface area (Å²) in [5.41, 5.74) is 6.16. The van der Waals surface area contributed by atoms with Gasteiger partial charge in [0.25, 0.3) is 5.91 Å². The van der Waals surface area contributed by atoms with E-state index < -0.39 is 5.91 Å². The lowest BCUT2D eigenvalue weighted by Gasteiger charge is -2.09. The van der Waals surface area contributed by atoms with Crippen LogP contribution in [0, 0.1) is 5.92 Å². The van der Waals surface area contributed by atoms with Gasteiger partial charge in [0.1, 0.15) is 5.75 Å². The van der Waals surface area contributed by atoms with E-state index in [0.29, 0.717) is 11.7 Å². The molecule has 20 heavy (non-hydrogen) atoms. The molecular weight excluding hydrogens is 256 g/mol. The normalized spacial score (nSPS) is 10.8. The first kappa shape index (κ1) is 16.5. The molecule has 1 aromatic carbocycles. The molecule has 5 heteroatoms. The lowest BCUT2D eigenvalue weighted by molar-refractivity contribution is -0.119. The third kappa shape index (κ3) is 7.76. The lowest BCUT2D eigenvalue weighted by atomic mass is 10.2. The van der Waals surface area contributed by atoms with Crippen LogP contribution in [-0.4, -0.2) is 32.3 Å². The molecule has 0 saturated carbocycles. The molecule has 1 aromatic rings. The van der Waals surface area contributed by atoms with Crippen molar-refractivity contribution in [2.24, 2.45) is 11.7 Å². The molecule has 0 unspecified atom stereocenters. The van der Waals surface area contributed by atoms with Crippen LogP contribution in [-0.2, 0) is 16.1 Å². The van der Waals surface area contributed by atoms with E-state index in [1.807, 2.05) is 24.3 Å². The summed E-state index contributed by atoms with van der Waals surface area (Å²) >= 11 is 0. The van der Waals surface area contributed by atoms with E-state index in [-0.39, 0.29) is 6.61 Å². The third-order valence-corrected chi connectivity index (χ3v) is 2.51. The smallest absolute Gasteiger partial charge is 0.255 e. The third-order valence-electron chi connectivity index (χ3n) is 2.51. The minimum Gasteiger partial charge on any atom is -0.484 e. The molecule has 1 rings (SSSR count). The Balaban J connectivity index is 2.16. The number of nitrogens with one attached hydrogen (secondary N) is 1. The molecular formula is C15H24N2O3. The fraction of sp³-hybridized carbons (Fsp3) is 0.533. The summed E-state index contributed by atoms with van der Waals surface area (Å²) in [6.45, 7) is 7.30. The molecule has 0 heterocycles. The van der Waals surface area contributed by atoms with Crippen molar-refractivity contribution in [2.75, 3.05) is 26.4 Å². The molecule has 0 aliphatic heterocycles. The Morgan fingerprint density at radius 1 is 1.30 bits per heavy atom. The standard InChI is InChI=1S/C15H24N2O3/c1-12(2)10-19-8-7-17-9-13-3-5-14(6-4-13)20-11-15(16)18/h3-6,12,17H,7-11H2,1-2H3,(H2,16,18). The highest BCUT2D eigenvalue weighted by molar-refractivity contribution is 5.75. The maximum absolute atomic E-state index is 10.6. The second-order valence-electron chi connectivity index (χ2n) is 5.04. The van der Waals surface area contributed by atoms with Crippen LogP contribution in [0.2, 0.25) is 0 Å². The van der Waals surface area contributed by atoms with Gasteiger partial charge in [-0.1, -0.05) is 26.0 Å². The van der Waals surface area contributed by atoms with Crippen molar-refractivity contribution in [3.05, 3.63) is 29.8 Å². The number of benzene rings is 1. The summed E-state index contributed by atoms with van der Waals surface area (Å²) < 4.78 is 10.7. The highest BCUT2D eigenvalue weighted by Crippen LogP contribution is 2.11. The first-order valence-corrected chi connectivity index (χ1v) is 6.86. The second kappa shape index (κ2) is 9.34. The zero-order chi connectivity index (χ0) is 14.8. The average molecular weight is 280 g/mol. The van der Waals surface area contributed by atoms with Crippen LogP contribution in [0.3, 0.4) is 0 Å². The van der Waals surface area contributed by atoms with E-state index in [4.69, 9.17) is 15.2 Å². The zero-order valence-electron chi connectivity index (χ0n) is 12.2. The van der Waals surface area contributed by atoms with E-state index in [2.05, 4.69) is 19.2 Å². The minimum absolute atomic E-state index is 0.0925. The summed E-state index contributed by atoms with van der Waals surface area (Å²) in [7, 11) is 0. The first-order valence-electron chi connectivity index (χ1n) is 6.86. The Hall–Kier alpha value is -1.59. The van der Waals surface area contributed by atoms with Crippen molar-refractivity contribution < 1.29 is 14.3 Å². The molecule has 0 aliphatic carbocycles. The predicted molar refractivity (Wildman–Crippen MR) is 78.5 cm³/mol. The molecule has 0 fully saturated rings. The number of hydrogen-bond acceptors (Lipinski definition) is 4. The molecule has 5 nitrogen and oxygen atoms in total. The van der Waals surface area contributed by atoms with E-state index in [0.717, 1.165) is 31.9 Å². The molecule has 0 aromatic heterocycles. The zero-order valence-corrected chi connectivity index (χ0v) is 12.2. The van der Waals surface area contributed by atoms with E-state index in [9.17, 15) is 4.79 Å². The SMILES string of the molecule is CC(C)COCCNCc1ccc(OCC(N)=O)cc1. The monoisotopic (exact) mass is 280 g/mol. The van der Waals surface area contributed by atoms with Crippen LogP contribution in [0.1, 0.15) is 19.4 Å². The van der Waals surface area contributed by atoms with Gasteiger partial charge in [-0.3, -0.25) is 4.79 Å². The van der Waals surface area contributed by atoms with Crippen molar-refractivity contribution in [3.63, 3.8) is 0 Å². The van der Waals surface area contributed by atoms with Crippen LogP contribution in [0.5, 0.6) is 5.75 Å². The largest absolute Gasteiger partial charge is 0.484 e. The van der Waals surface area contributed by atoms with Gasteiger partial charge in [-0.2, -0.15) is 0 Å². The Morgan fingerprint density at radius 2 is 2.00 bits per heavy atom. The molecule has 1 amide bonds. The van der Waals surface area contributed by atoms with E-state index in [1.54, 1.807) is 0 Å². The molecule has 0 aliphatic rings. The Labute approximate surface area is 120 Å². The van der Waals surface area contributed by atoms with Crippen molar-refractivity contribution in [1.82, 2.24) is 5.32 Å². The van der Waals surface area contributed by atoms with Gasteiger partial charge >= 0.3 is 0 Å². The average Bonchev–Trinajstić information content (AvgIpc) is 2.41. The molecule has 0 saturated heterocycles. The number of amides is 1. The summed E-state index contributed by atoms with van der Waals surface area (Å²) in [4.78, 5) is 10.6. The van der Waals surface area contributed by atoms with Crippen LogP contribution in [0.15, 0.2) is 24.3 Å². The molecule has 0 atom stereocenters. The van der Waals surface area contributed by atoms with Gasteiger partial charge in [0.05, 0.1) is 6.61 Å². The highest BCUT2D eigenvalue weighted by Gasteiger charge is 1.98. The van der Waals surface area contributed by atoms with Gasteiger partial charge in [-0.15, -0.1) is 0 Å². The highest BCUT2D eigenvalue weighted by atomic mass is 16.5. The Bertz CT molecular complexity index is 391. The summed E-state index contributed by atoms with van der Waals surface area (Å²) in [6, 6.07) is 7.57. The lowest BCUT2D eigenvalue weighted by Crippen LogP contribution is -2.20. The van der Waals surface area contributed by atoms with Gasteiger partial charge in [-0.05, 0) is 23.6 Å². The molecule has 3 N–H and O–H groups in total.